The van der Waals surface area contributed by atoms with Crippen LogP contribution < -0.4 is 10.1 Å². The molecule has 2 amide bonds. The van der Waals surface area contributed by atoms with Gasteiger partial charge in [-0.2, -0.15) is 0 Å². The van der Waals surface area contributed by atoms with Crippen molar-refractivity contribution < 1.29 is 14.3 Å². The molecule has 1 aromatic rings. The van der Waals surface area contributed by atoms with Crippen LogP contribution in [0.4, 0.5) is 5.69 Å². The van der Waals surface area contributed by atoms with Crippen LogP contribution in [0.5, 0.6) is 5.75 Å². The highest BCUT2D eigenvalue weighted by atomic mass is 16.5. The Bertz CT molecular complexity index is 690. The Hall–Kier alpha value is -2.30. The molecule has 5 heteroatoms. The Balaban J connectivity index is 1.95. The molecule has 0 aromatic heterocycles. The van der Waals surface area contributed by atoms with E-state index in [2.05, 4.69) is 25.2 Å². The summed E-state index contributed by atoms with van der Waals surface area (Å²) in [5, 5.41) is 2.80. The molecule has 2 atom stereocenters. The van der Waals surface area contributed by atoms with Crippen LogP contribution in [-0.2, 0) is 9.59 Å². The Labute approximate surface area is 150 Å². The Morgan fingerprint density at radius 1 is 1.32 bits per heavy atom. The van der Waals surface area contributed by atoms with Gasteiger partial charge < -0.3 is 15.0 Å². The lowest BCUT2D eigenvalue weighted by atomic mass is 10.1. The second kappa shape index (κ2) is 7.30. The minimum atomic E-state index is -0.221. The third-order valence-corrected chi connectivity index (χ3v) is 4.80. The predicted octanol–water partition coefficient (Wildman–Crippen LogP) is 3.33. The van der Waals surface area contributed by atoms with E-state index in [-0.39, 0.29) is 35.6 Å². The van der Waals surface area contributed by atoms with Crippen molar-refractivity contribution in [3.8, 4) is 5.75 Å². The van der Waals surface area contributed by atoms with Gasteiger partial charge in [-0.05, 0) is 37.3 Å². The highest BCUT2D eigenvalue weighted by molar-refractivity contribution is 5.95. The van der Waals surface area contributed by atoms with Gasteiger partial charge in [0.2, 0.25) is 11.8 Å². The maximum atomic E-state index is 12.7. The number of carbonyl (C=O) groups excluding carboxylic acids is 2. The van der Waals surface area contributed by atoms with E-state index in [9.17, 15) is 9.59 Å². The molecule has 0 saturated heterocycles. The summed E-state index contributed by atoms with van der Waals surface area (Å²) in [7, 11) is 3.26. The smallest absolute Gasteiger partial charge is 0.243 e. The number of anilines is 1. The number of hydrogen-bond donors (Lipinski definition) is 1. The van der Waals surface area contributed by atoms with Gasteiger partial charge in [0.25, 0.3) is 0 Å². The van der Waals surface area contributed by atoms with Gasteiger partial charge in [0.1, 0.15) is 5.75 Å². The normalized spacial score (nSPS) is 20.4. The van der Waals surface area contributed by atoms with Crippen molar-refractivity contribution in [1.29, 1.82) is 0 Å². The van der Waals surface area contributed by atoms with Crippen LogP contribution in [0, 0.1) is 17.3 Å². The molecular weight excluding hydrogens is 316 g/mol. The van der Waals surface area contributed by atoms with Crippen molar-refractivity contribution in [1.82, 2.24) is 4.90 Å². The van der Waals surface area contributed by atoms with Gasteiger partial charge in [0.05, 0.1) is 19.6 Å². The summed E-state index contributed by atoms with van der Waals surface area (Å²) in [6, 6.07) is 7.15. The van der Waals surface area contributed by atoms with Gasteiger partial charge >= 0.3 is 0 Å². The molecule has 1 N–H and O–H groups in total. The lowest BCUT2D eigenvalue weighted by molar-refractivity contribution is -0.135. The number of nitrogens with zero attached hydrogens (tertiary/aromatic N) is 1. The molecule has 5 nitrogen and oxygen atoms in total. The van der Waals surface area contributed by atoms with E-state index < -0.39 is 0 Å². The van der Waals surface area contributed by atoms with Gasteiger partial charge in [0, 0.05) is 18.8 Å². The zero-order valence-electron chi connectivity index (χ0n) is 15.9. The predicted molar refractivity (Wildman–Crippen MR) is 99.5 cm³/mol. The molecule has 1 saturated carbocycles. The van der Waals surface area contributed by atoms with Crippen molar-refractivity contribution in [2.45, 2.75) is 27.7 Å². The molecule has 1 aliphatic carbocycles. The number of amides is 2. The molecule has 0 aliphatic heterocycles. The first-order chi connectivity index (χ1) is 11.7. The van der Waals surface area contributed by atoms with E-state index in [1.807, 2.05) is 19.9 Å². The SMILES string of the molecule is COc1cccc(NC(=O)CN(C)C(=O)C2C(C=C(C)C)C2(C)C)c1. The highest BCUT2D eigenvalue weighted by Crippen LogP contribution is 2.59. The minimum absolute atomic E-state index is 0.0216. The number of allylic oxidation sites excluding steroid dienone is 2. The van der Waals surface area contributed by atoms with E-state index in [1.54, 1.807) is 32.4 Å². The molecule has 0 radical (unpaired) electrons. The summed E-state index contributed by atoms with van der Waals surface area (Å²) in [6.07, 6.45) is 2.16. The molecule has 0 bridgehead atoms. The zero-order valence-corrected chi connectivity index (χ0v) is 15.9. The van der Waals surface area contributed by atoms with Crippen molar-refractivity contribution in [2.75, 3.05) is 26.0 Å². The monoisotopic (exact) mass is 344 g/mol. The first kappa shape index (κ1) is 19.0. The summed E-state index contributed by atoms with van der Waals surface area (Å²) in [5.74, 6) is 0.659. The summed E-state index contributed by atoms with van der Waals surface area (Å²) < 4.78 is 5.14. The average Bonchev–Trinajstić information content (AvgIpc) is 3.06. The van der Waals surface area contributed by atoms with E-state index in [0.29, 0.717) is 11.4 Å². The van der Waals surface area contributed by atoms with Crippen LogP contribution in [0.3, 0.4) is 0 Å². The Kier molecular flexibility index (Phi) is 5.55. The fraction of sp³-hybridized carbons (Fsp3) is 0.500. The fourth-order valence-corrected chi connectivity index (χ4v) is 3.25. The minimum Gasteiger partial charge on any atom is -0.497 e. The van der Waals surface area contributed by atoms with Crippen LogP contribution in [0.1, 0.15) is 27.7 Å². The van der Waals surface area contributed by atoms with E-state index in [0.717, 1.165) is 0 Å². The third kappa shape index (κ3) is 4.41. The van der Waals surface area contributed by atoms with Crippen LogP contribution in [0.2, 0.25) is 0 Å². The second-order valence-corrected chi connectivity index (χ2v) is 7.54. The number of ether oxygens (including phenoxy) is 1. The van der Waals surface area contributed by atoms with Crippen LogP contribution >= 0.6 is 0 Å². The molecular formula is C20H28N2O3. The topological polar surface area (TPSA) is 58.6 Å². The lowest BCUT2D eigenvalue weighted by Gasteiger charge is -2.18. The molecule has 0 spiro atoms. The van der Waals surface area contributed by atoms with E-state index >= 15 is 0 Å². The second-order valence-electron chi connectivity index (χ2n) is 7.54. The van der Waals surface area contributed by atoms with Crippen molar-refractivity contribution >= 4 is 17.5 Å². The average molecular weight is 344 g/mol. The maximum Gasteiger partial charge on any atom is 0.243 e. The standard InChI is InChI=1S/C20H28N2O3/c1-13(2)10-16-18(20(16,3)4)19(24)22(5)12-17(23)21-14-8-7-9-15(11-14)25-6/h7-11,16,18H,12H2,1-6H3,(H,21,23). The lowest BCUT2D eigenvalue weighted by Crippen LogP contribution is -2.36. The summed E-state index contributed by atoms with van der Waals surface area (Å²) >= 11 is 0. The number of rotatable bonds is 6. The van der Waals surface area contributed by atoms with E-state index in [4.69, 9.17) is 4.74 Å². The number of benzene rings is 1. The Morgan fingerprint density at radius 3 is 2.60 bits per heavy atom. The number of nitrogens with one attached hydrogen (secondary N) is 1. The molecule has 1 aliphatic rings. The Morgan fingerprint density at radius 2 is 2.00 bits per heavy atom. The number of likely N-dealkylation sites (N-methyl/N-ethyl adjacent to an activating group) is 1. The number of methoxy groups -OCH3 is 1. The number of carbonyl (C=O) groups is 2. The molecule has 2 unspecified atom stereocenters. The van der Waals surface area contributed by atoms with Crippen LogP contribution in [-0.4, -0.2) is 37.4 Å². The molecule has 1 fully saturated rings. The van der Waals surface area contributed by atoms with Crippen LogP contribution in [0.15, 0.2) is 35.9 Å². The molecule has 2 rings (SSSR count). The van der Waals surface area contributed by atoms with E-state index in [1.165, 1.54) is 10.5 Å². The van der Waals surface area contributed by atoms with Gasteiger partial charge in [-0.15, -0.1) is 0 Å². The van der Waals surface area contributed by atoms with Gasteiger partial charge in [-0.25, -0.2) is 0 Å². The highest BCUT2D eigenvalue weighted by Gasteiger charge is 2.61. The number of hydrogen-bond acceptors (Lipinski definition) is 3. The third-order valence-electron chi connectivity index (χ3n) is 4.80. The quantitative estimate of drug-likeness (QED) is 0.805. The summed E-state index contributed by atoms with van der Waals surface area (Å²) in [5.41, 5.74) is 1.82. The van der Waals surface area contributed by atoms with Crippen molar-refractivity contribution in [3.05, 3.63) is 35.9 Å². The summed E-state index contributed by atoms with van der Waals surface area (Å²) in [4.78, 5) is 26.4. The molecule has 1 aromatic carbocycles. The van der Waals surface area contributed by atoms with Gasteiger partial charge in [-0.1, -0.05) is 31.6 Å². The first-order valence-electron chi connectivity index (χ1n) is 8.50. The van der Waals surface area contributed by atoms with Crippen molar-refractivity contribution in [3.63, 3.8) is 0 Å². The fourth-order valence-electron chi connectivity index (χ4n) is 3.25. The zero-order chi connectivity index (χ0) is 18.8. The molecule has 0 heterocycles. The largest absolute Gasteiger partial charge is 0.497 e. The van der Waals surface area contributed by atoms with Gasteiger partial charge in [-0.3, -0.25) is 9.59 Å². The maximum absolute atomic E-state index is 12.7. The first-order valence-corrected chi connectivity index (χ1v) is 8.50. The molecule has 25 heavy (non-hydrogen) atoms. The van der Waals surface area contributed by atoms with Crippen LogP contribution in [0.25, 0.3) is 0 Å². The summed E-state index contributed by atoms with van der Waals surface area (Å²) in [6.45, 7) is 8.32. The molecule has 136 valence electrons. The van der Waals surface area contributed by atoms with Gasteiger partial charge in [0.15, 0.2) is 0 Å². The van der Waals surface area contributed by atoms with Crippen molar-refractivity contribution in [2.24, 2.45) is 17.3 Å².